The van der Waals surface area contributed by atoms with Crippen LogP contribution in [0.1, 0.15) is 35.6 Å². The maximum atomic E-state index is 11.2. The Morgan fingerprint density at radius 1 is 1.40 bits per heavy atom. The second kappa shape index (κ2) is 5.32. The Balaban J connectivity index is 2.58. The molecule has 2 aromatic heterocycles. The smallest absolute Gasteiger partial charge is 0.339 e. The first-order valence-electron chi connectivity index (χ1n) is 6.33. The van der Waals surface area contributed by atoms with E-state index >= 15 is 0 Å². The van der Waals surface area contributed by atoms with Crippen molar-refractivity contribution < 1.29 is 14.6 Å². The Labute approximate surface area is 117 Å². The number of carboxylic acids is 1. The van der Waals surface area contributed by atoms with Gasteiger partial charge in [-0.05, 0) is 39.8 Å². The molecule has 0 atom stereocenters. The SMILES string of the molecule is Cc1nn(-c2ncccc2OC(C)C)c(C)c1C(=O)O. The number of aryl methyl sites for hydroxylation is 1. The third-order valence-electron chi connectivity index (χ3n) is 2.82. The highest BCUT2D eigenvalue weighted by Gasteiger charge is 2.21. The fourth-order valence-electron chi connectivity index (χ4n) is 2.05. The van der Waals surface area contributed by atoms with E-state index in [1.807, 2.05) is 13.8 Å². The lowest BCUT2D eigenvalue weighted by Gasteiger charge is -2.13. The van der Waals surface area contributed by atoms with Crippen LogP contribution in [0, 0.1) is 13.8 Å². The molecule has 0 bridgehead atoms. The fraction of sp³-hybridized carbons (Fsp3) is 0.357. The lowest BCUT2D eigenvalue weighted by Crippen LogP contribution is -2.11. The van der Waals surface area contributed by atoms with E-state index in [2.05, 4.69) is 10.1 Å². The molecule has 0 spiro atoms. The fourth-order valence-corrected chi connectivity index (χ4v) is 2.05. The second-order valence-corrected chi connectivity index (χ2v) is 4.75. The Bertz CT molecular complexity index is 647. The predicted molar refractivity (Wildman–Crippen MR) is 73.6 cm³/mol. The van der Waals surface area contributed by atoms with Crippen LogP contribution >= 0.6 is 0 Å². The van der Waals surface area contributed by atoms with Gasteiger partial charge in [0.25, 0.3) is 0 Å². The zero-order valence-electron chi connectivity index (χ0n) is 11.9. The van der Waals surface area contributed by atoms with E-state index < -0.39 is 5.97 Å². The van der Waals surface area contributed by atoms with E-state index in [4.69, 9.17) is 4.74 Å². The zero-order chi connectivity index (χ0) is 14.9. The molecule has 6 heteroatoms. The lowest BCUT2D eigenvalue weighted by atomic mass is 10.2. The standard InChI is InChI=1S/C14H17N3O3/c1-8(2)20-11-6-5-7-15-13(11)17-10(4)12(14(18)19)9(3)16-17/h5-8H,1-4H3,(H,18,19). The summed E-state index contributed by atoms with van der Waals surface area (Å²) in [4.78, 5) is 15.5. The highest BCUT2D eigenvalue weighted by Crippen LogP contribution is 2.24. The number of hydrogen-bond donors (Lipinski definition) is 1. The van der Waals surface area contributed by atoms with Gasteiger partial charge in [-0.2, -0.15) is 5.10 Å². The summed E-state index contributed by atoms with van der Waals surface area (Å²) < 4.78 is 7.20. The second-order valence-electron chi connectivity index (χ2n) is 4.75. The molecule has 0 aromatic carbocycles. The maximum Gasteiger partial charge on any atom is 0.339 e. The van der Waals surface area contributed by atoms with Crippen molar-refractivity contribution in [2.75, 3.05) is 0 Å². The molecule has 0 saturated heterocycles. The van der Waals surface area contributed by atoms with E-state index in [1.54, 1.807) is 32.2 Å². The van der Waals surface area contributed by atoms with Gasteiger partial charge in [0.05, 0.1) is 17.5 Å². The van der Waals surface area contributed by atoms with Crippen molar-refractivity contribution >= 4 is 5.97 Å². The van der Waals surface area contributed by atoms with Crippen LogP contribution in [0.3, 0.4) is 0 Å². The van der Waals surface area contributed by atoms with Gasteiger partial charge in [0, 0.05) is 6.20 Å². The van der Waals surface area contributed by atoms with E-state index in [0.29, 0.717) is 23.0 Å². The summed E-state index contributed by atoms with van der Waals surface area (Å²) in [5.41, 5.74) is 1.18. The van der Waals surface area contributed by atoms with Gasteiger partial charge in [-0.25, -0.2) is 14.5 Å². The van der Waals surface area contributed by atoms with Crippen molar-refractivity contribution in [2.45, 2.75) is 33.8 Å². The predicted octanol–water partition coefficient (Wildman–Crippen LogP) is 2.37. The van der Waals surface area contributed by atoms with Crippen LogP contribution < -0.4 is 4.74 Å². The summed E-state index contributed by atoms with van der Waals surface area (Å²) in [6.45, 7) is 7.21. The molecule has 0 aliphatic carbocycles. The third kappa shape index (κ3) is 2.49. The first kappa shape index (κ1) is 14.0. The van der Waals surface area contributed by atoms with Gasteiger partial charge in [-0.1, -0.05) is 0 Å². The molecule has 0 aliphatic rings. The van der Waals surface area contributed by atoms with Gasteiger partial charge < -0.3 is 9.84 Å². The quantitative estimate of drug-likeness (QED) is 0.926. The number of hydrogen-bond acceptors (Lipinski definition) is 4. The molecule has 0 fully saturated rings. The minimum atomic E-state index is -0.992. The molecule has 2 rings (SSSR count). The van der Waals surface area contributed by atoms with Crippen LogP contribution in [0.15, 0.2) is 18.3 Å². The normalized spacial score (nSPS) is 10.8. The summed E-state index contributed by atoms with van der Waals surface area (Å²) in [6, 6.07) is 3.56. The Kier molecular flexibility index (Phi) is 3.74. The van der Waals surface area contributed by atoms with E-state index in [1.165, 1.54) is 4.68 Å². The molecule has 0 saturated carbocycles. The molecular weight excluding hydrogens is 258 g/mol. The number of carboxylic acid groups (broad SMARTS) is 1. The number of carbonyl (C=O) groups is 1. The molecule has 1 N–H and O–H groups in total. The number of pyridine rings is 1. The number of rotatable bonds is 4. The minimum Gasteiger partial charge on any atom is -0.487 e. The molecule has 106 valence electrons. The number of ether oxygens (including phenoxy) is 1. The van der Waals surface area contributed by atoms with Gasteiger partial charge >= 0.3 is 5.97 Å². The Morgan fingerprint density at radius 2 is 2.10 bits per heavy atom. The van der Waals surface area contributed by atoms with E-state index in [9.17, 15) is 9.90 Å². The summed E-state index contributed by atoms with van der Waals surface area (Å²) in [5, 5.41) is 13.5. The van der Waals surface area contributed by atoms with Crippen LogP contribution in [0.4, 0.5) is 0 Å². The van der Waals surface area contributed by atoms with Crippen LogP contribution in [0.5, 0.6) is 5.75 Å². The highest BCUT2D eigenvalue weighted by atomic mass is 16.5. The largest absolute Gasteiger partial charge is 0.487 e. The third-order valence-corrected chi connectivity index (χ3v) is 2.82. The molecule has 0 radical (unpaired) electrons. The molecule has 0 unspecified atom stereocenters. The van der Waals surface area contributed by atoms with Crippen molar-refractivity contribution in [3.8, 4) is 11.6 Å². The van der Waals surface area contributed by atoms with Crippen molar-refractivity contribution in [2.24, 2.45) is 0 Å². The number of aromatic nitrogens is 3. The summed E-state index contributed by atoms with van der Waals surface area (Å²) in [6.07, 6.45) is 1.62. The van der Waals surface area contributed by atoms with Crippen LogP contribution in [0.2, 0.25) is 0 Å². The highest BCUT2D eigenvalue weighted by molar-refractivity contribution is 5.90. The summed E-state index contributed by atoms with van der Waals surface area (Å²) in [7, 11) is 0. The first-order valence-corrected chi connectivity index (χ1v) is 6.33. The van der Waals surface area contributed by atoms with Crippen molar-refractivity contribution in [3.05, 3.63) is 35.3 Å². The molecule has 0 aliphatic heterocycles. The van der Waals surface area contributed by atoms with Gasteiger partial charge in [-0.15, -0.1) is 0 Å². The molecule has 2 heterocycles. The average Bonchev–Trinajstić information content (AvgIpc) is 2.64. The van der Waals surface area contributed by atoms with Gasteiger partial charge in [0.15, 0.2) is 11.6 Å². The zero-order valence-corrected chi connectivity index (χ0v) is 11.9. The number of nitrogens with zero attached hydrogens (tertiary/aromatic N) is 3. The summed E-state index contributed by atoms with van der Waals surface area (Å²) in [5.74, 6) is 0.0767. The summed E-state index contributed by atoms with van der Waals surface area (Å²) >= 11 is 0. The molecular formula is C14H17N3O3. The van der Waals surface area contributed by atoms with E-state index in [-0.39, 0.29) is 11.7 Å². The maximum absolute atomic E-state index is 11.2. The van der Waals surface area contributed by atoms with Crippen molar-refractivity contribution in [1.82, 2.24) is 14.8 Å². The minimum absolute atomic E-state index is 0.00569. The van der Waals surface area contributed by atoms with Crippen LogP contribution in [0.25, 0.3) is 5.82 Å². The first-order chi connectivity index (χ1) is 9.41. The number of aromatic carboxylic acids is 1. The van der Waals surface area contributed by atoms with Gasteiger partial charge in [0.2, 0.25) is 0 Å². The lowest BCUT2D eigenvalue weighted by molar-refractivity contribution is 0.0695. The van der Waals surface area contributed by atoms with Crippen LogP contribution in [-0.4, -0.2) is 31.9 Å². The van der Waals surface area contributed by atoms with Crippen LogP contribution in [-0.2, 0) is 0 Å². The molecule has 0 amide bonds. The van der Waals surface area contributed by atoms with Gasteiger partial charge in [0.1, 0.15) is 5.56 Å². The monoisotopic (exact) mass is 275 g/mol. The van der Waals surface area contributed by atoms with Gasteiger partial charge in [-0.3, -0.25) is 0 Å². The van der Waals surface area contributed by atoms with Crippen molar-refractivity contribution in [1.29, 1.82) is 0 Å². The molecule has 2 aromatic rings. The Morgan fingerprint density at radius 3 is 2.65 bits per heavy atom. The van der Waals surface area contributed by atoms with Crippen molar-refractivity contribution in [3.63, 3.8) is 0 Å². The van der Waals surface area contributed by atoms with E-state index in [0.717, 1.165) is 0 Å². The molecule has 6 nitrogen and oxygen atoms in total. The topological polar surface area (TPSA) is 77.2 Å². The Hall–Kier alpha value is -2.37. The molecule has 20 heavy (non-hydrogen) atoms. The average molecular weight is 275 g/mol.